The van der Waals surface area contributed by atoms with Crippen LogP contribution in [0.4, 0.5) is 0 Å². The van der Waals surface area contributed by atoms with Crippen molar-refractivity contribution < 1.29 is 4.79 Å². The van der Waals surface area contributed by atoms with Crippen LogP contribution in [0.1, 0.15) is 37.7 Å². The molecule has 0 radical (unpaired) electrons. The summed E-state index contributed by atoms with van der Waals surface area (Å²) in [6.07, 6.45) is 5.08. The molecule has 3 nitrogen and oxygen atoms in total. The molecule has 1 aromatic rings. The van der Waals surface area contributed by atoms with Crippen LogP contribution in [0, 0.1) is 5.92 Å². The molecule has 2 atom stereocenters. The van der Waals surface area contributed by atoms with Gasteiger partial charge in [-0.1, -0.05) is 36.6 Å². The van der Waals surface area contributed by atoms with Gasteiger partial charge in [0, 0.05) is 24.0 Å². The molecule has 1 aliphatic carbocycles. The van der Waals surface area contributed by atoms with E-state index in [-0.39, 0.29) is 24.4 Å². The third-order valence-corrected chi connectivity index (χ3v) is 4.07. The van der Waals surface area contributed by atoms with Gasteiger partial charge in [-0.15, -0.1) is 12.4 Å². The Hall–Kier alpha value is -0.770. The quantitative estimate of drug-likeness (QED) is 0.895. The molecule has 0 bridgehead atoms. The number of nitrogens with two attached hydrogens (primary N) is 1. The number of nitrogens with one attached hydrogen (secondary N) is 1. The molecule has 1 saturated carbocycles. The second-order valence-electron chi connectivity index (χ2n) is 5.32. The maximum absolute atomic E-state index is 11.9. The molecule has 2 unspecified atom stereocenters. The van der Waals surface area contributed by atoms with E-state index in [0.29, 0.717) is 23.9 Å². The number of benzene rings is 1. The Morgan fingerprint density at radius 2 is 1.90 bits per heavy atom. The predicted molar refractivity (Wildman–Crippen MR) is 85.1 cm³/mol. The van der Waals surface area contributed by atoms with E-state index in [1.807, 2.05) is 24.3 Å². The number of rotatable bonds is 4. The highest BCUT2D eigenvalue weighted by Gasteiger charge is 2.23. The van der Waals surface area contributed by atoms with E-state index in [2.05, 4.69) is 5.32 Å². The topological polar surface area (TPSA) is 55.1 Å². The molecule has 0 aromatic heterocycles. The van der Waals surface area contributed by atoms with Gasteiger partial charge in [0.2, 0.25) is 5.91 Å². The lowest BCUT2D eigenvalue weighted by atomic mass is 9.83. The van der Waals surface area contributed by atoms with Crippen LogP contribution in [0.15, 0.2) is 24.3 Å². The standard InChI is InChI=1S/C15H21ClN2O.ClH/c16-13-7-5-11(6-8-13)10-18-15(19)9-12-3-1-2-4-14(12)17;/h5-8,12,14H,1-4,9-10,17H2,(H,18,19);1H. The first-order chi connectivity index (χ1) is 9.15. The molecule has 1 aromatic carbocycles. The fourth-order valence-electron chi connectivity index (χ4n) is 2.60. The van der Waals surface area contributed by atoms with Crippen molar-refractivity contribution in [3.8, 4) is 0 Å². The third-order valence-electron chi connectivity index (χ3n) is 3.82. The minimum absolute atomic E-state index is 0. The lowest BCUT2D eigenvalue weighted by molar-refractivity contribution is -0.122. The summed E-state index contributed by atoms with van der Waals surface area (Å²) in [5.41, 5.74) is 7.12. The van der Waals surface area contributed by atoms with E-state index >= 15 is 0 Å². The average Bonchev–Trinajstić information content (AvgIpc) is 2.41. The van der Waals surface area contributed by atoms with Crippen LogP contribution in [-0.2, 0) is 11.3 Å². The molecule has 0 saturated heterocycles. The van der Waals surface area contributed by atoms with Crippen LogP contribution in [-0.4, -0.2) is 11.9 Å². The smallest absolute Gasteiger partial charge is 0.220 e. The first kappa shape index (κ1) is 17.3. The molecule has 0 heterocycles. The fraction of sp³-hybridized carbons (Fsp3) is 0.533. The minimum atomic E-state index is 0. The third kappa shape index (κ3) is 5.31. The monoisotopic (exact) mass is 316 g/mol. The van der Waals surface area contributed by atoms with Gasteiger partial charge in [-0.2, -0.15) is 0 Å². The summed E-state index contributed by atoms with van der Waals surface area (Å²) in [7, 11) is 0. The average molecular weight is 317 g/mol. The largest absolute Gasteiger partial charge is 0.352 e. The number of hydrogen-bond acceptors (Lipinski definition) is 2. The van der Waals surface area contributed by atoms with Gasteiger partial charge in [-0.3, -0.25) is 4.79 Å². The first-order valence-electron chi connectivity index (χ1n) is 6.92. The molecule has 5 heteroatoms. The second-order valence-corrected chi connectivity index (χ2v) is 5.75. The lowest BCUT2D eigenvalue weighted by Gasteiger charge is -2.27. The number of halogens is 2. The fourth-order valence-corrected chi connectivity index (χ4v) is 2.73. The number of hydrogen-bond donors (Lipinski definition) is 2. The Bertz CT molecular complexity index is 422. The summed E-state index contributed by atoms with van der Waals surface area (Å²) in [6.45, 7) is 0.554. The molecule has 0 aliphatic heterocycles. The Labute approximate surface area is 131 Å². The minimum Gasteiger partial charge on any atom is -0.352 e. The van der Waals surface area contributed by atoms with Crippen molar-refractivity contribution in [2.75, 3.05) is 0 Å². The number of amides is 1. The van der Waals surface area contributed by atoms with E-state index in [9.17, 15) is 4.79 Å². The molecular formula is C15H22Cl2N2O. The molecular weight excluding hydrogens is 295 g/mol. The van der Waals surface area contributed by atoms with Crippen molar-refractivity contribution in [1.82, 2.24) is 5.32 Å². The maximum atomic E-state index is 11.9. The zero-order valence-electron chi connectivity index (χ0n) is 11.5. The Morgan fingerprint density at radius 3 is 2.55 bits per heavy atom. The van der Waals surface area contributed by atoms with E-state index in [1.54, 1.807) is 0 Å². The van der Waals surface area contributed by atoms with E-state index < -0.39 is 0 Å². The van der Waals surface area contributed by atoms with Gasteiger partial charge < -0.3 is 11.1 Å². The van der Waals surface area contributed by atoms with Gasteiger partial charge in [-0.25, -0.2) is 0 Å². The van der Waals surface area contributed by atoms with E-state index in [0.717, 1.165) is 18.4 Å². The molecule has 20 heavy (non-hydrogen) atoms. The molecule has 0 spiro atoms. The van der Waals surface area contributed by atoms with Gasteiger partial charge in [0.15, 0.2) is 0 Å². The van der Waals surface area contributed by atoms with Crippen LogP contribution in [0.3, 0.4) is 0 Å². The van der Waals surface area contributed by atoms with Crippen LogP contribution in [0.2, 0.25) is 5.02 Å². The molecule has 1 aliphatic rings. The number of carbonyl (C=O) groups excluding carboxylic acids is 1. The predicted octanol–water partition coefficient (Wildman–Crippen LogP) is 3.29. The summed E-state index contributed by atoms with van der Waals surface area (Å²) >= 11 is 5.82. The number of carbonyl (C=O) groups is 1. The summed E-state index contributed by atoms with van der Waals surface area (Å²) in [6, 6.07) is 7.71. The second kappa shape index (κ2) is 8.50. The van der Waals surface area contributed by atoms with Crippen LogP contribution in [0.5, 0.6) is 0 Å². The van der Waals surface area contributed by atoms with Gasteiger partial charge >= 0.3 is 0 Å². The summed E-state index contributed by atoms with van der Waals surface area (Å²) in [4.78, 5) is 11.9. The van der Waals surface area contributed by atoms with Gasteiger partial charge in [0.1, 0.15) is 0 Å². The highest BCUT2D eigenvalue weighted by atomic mass is 35.5. The van der Waals surface area contributed by atoms with Gasteiger partial charge in [0.25, 0.3) is 0 Å². The van der Waals surface area contributed by atoms with Crippen molar-refractivity contribution in [3.05, 3.63) is 34.9 Å². The van der Waals surface area contributed by atoms with Crippen molar-refractivity contribution in [3.63, 3.8) is 0 Å². The maximum Gasteiger partial charge on any atom is 0.220 e. The Kier molecular flexibility index (Phi) is 7.35. The normalized spacial score (nSPS) is 21.9. The molecule has 3 N–H and O–H groups in total. The Balaban J connectivity index is 0.00000200. The highest BCUT2D eigenvalue weighted by Crippen LogP contribution is 2.25. The zero-order valence-corrected chi connectivity index (χ0v) is 13.1. The van der Waals surface area contributed by atoms with Crippen molar-refractivity contribution in [2.24, 2.45) is 11.7 Å². The van der Waals surface area contributed by atoms with Crippen molar-refractivity contribution in [1.29, 1.82) is 0 Å². The summed E-state index contributed by atoms with van der Waals surface area (Å²) < 4.78 is 0. The van der Waals surface area contributed by atoms with Gasteiger partial charge in [-0.05, 0) is 36.5 Å². The molecule has 2 rings (SSSR count). The summed E-state index contributed by atoms with van der Waals surface area (Å²) in [5.74, 6) is 0.441. The SMILES string of the molecule is Cl.NC1CCCCC1CC(=O)NCc1ccc(Cl)cc1. The first-order valence-corrected chi connectivity index (χ1v) is 7.29. The lowest BCUT2D eigenvalue weighted by Crippen LogP contribution is -2.36. The van der Waals surface area contributed by atoms with Crippen LogP contribution >= 0.6 is 24.0 Å². The van der Waals surface area contributed by atoms with E-state index in [4.69, 9.17) is 17.3 Å². The summed E-state index contributed by atoms with van der Waals surface area (Å²) in [5, 5.41) is 3.66. The molecule has 1 amide bonds. The van der Waals surface area contributed by atoms with Crippen molar-refractivity contribution in [2.45, 2.75) is 44.7 Å². The zero-order chi connectivity index (χ0) is 13.7. The van der Waals surface area contributed by atoms with Crippen molar-refractivity contribution >= 4 is 29.9 Å². The van der Waals surface area contributed by atoms with Crippen LogP contribution in [0.25, 0.3) is 0 Å². The molecule has 1 fully saturated rings. The highest BCUT2D eigenvalue weighted by molar-refractivity contribution is 6.30. The van der Waals surface area contributed by atoms with E-state index in [1.165, 1.54) is 12.8 Å². The Morgan fingerprint density at radius 1 is 1.25 bits per heavy atom. The van der Waals surface area contributed by atoms with Crippen LogP contribution < -0.4 is 11.1 Å². The van der Waals surface area contributed by atoms with Gasteiger partial charge in [0.05, 0.1) is 0 Å². The molecule has 112 valence electrons.